The predicted octanol–water partition coefficient (Wildman–Crippen LogP) is 1.36. The van der Waals surface area contributed by atoms with E-state index < -0.39 is 11.6 Å². The Labute approximate surface area is 103 Å². The first kappa shape index (κ1) is 12.6. The normalized spacial score (nSPS) is 10.9. The SMILES string of the molecule is CCNCc1nnnn1-c1cc(F)c(C)cc1F. The summed E-state index contributed by atoms with van der Waals surface area (Å²) in [6, 6.07) is 2.22. The van der Waals surface area contributed by atoms with E-state index in [1.165, 1.54) is 11.6 Å². The number of aromatic nitrogens is 4. The van der Waals surface area contributed by atoms with Crippen LogP contribution >= 0.6 is 0 Å². The number of rotatable bonds is 4. The van der Waals surface area contributed by atoms with Crippen molar-refractivity contribution in [2.24, 2.45) is 0 Å². The summed E-state index contributed by atoms with van der Waals surface area (Å²) in [7, 11) is 0. The van der Waals surface area contributed by atoms with Gasteiger partial charge < -0.3 is 5.32 Å². The van der Waals surface area contributed by atoms with E-state index in [0.29, 0.717) is 12.4 Å². The molecule has 5 nitrogen and oxygen atoms in total. The highest BCUT2D eigenvalue weighted by atomic mass is 19.1. The van der Waals surface area contributed by atoms with E-state index >= 15 is 0 Å². The first-order valence-electron chi connectivity index (χ1n) is 5.57. The number of halogens is 2. The molecule has 2 aromatic rings. The summed E-state index contributed by atoms with van der Waals surface area (Å²) in [4.78, 5) is 0. The maximum atomic E-state index is 13.8. The van der Waals surface area contributed by atoms with Crippen molar-refractivity contribution in [3.63, 3.8) is 0 Å². The van der Waals surface area contributed by atoms with Crippen LogP contribution in [0.1, 0.15) is 18.3 Å². The number of hydrogen-bond acceptors (Lipinski definition) is 4. The lowest BCUT2D eigenvalue weighted by molar-refractivity contribution is 0.570. The first-order valence-corrected chi connectivity index (χ1v) is 5.57. The van der Waals surface area contributed by atoms with E-state index in [9.17, 15) is 8.78 Å². The van der Waals surface area contributed by atoms with E-state index in [0.717, 1.165) is 18.7 Å². The standard InChI is InChI=1S/C11H13F2N5/c1-3-14-6-11-15-16-17-18(11)10-5-8(12)7(2)4-9(10)13/h4-5,14H,3,6H2,1-2H3. The molecule has 0 aliphatic heterocycles. The van der Waals surface area contributed by atoms with Crippen LogP contribution in [-0.4, -0.2) is 26.8 Å². The second kappa shape index (κ2) is 5.18. The summed E-state index contributed by atoms with van der Waals surface area (Å²) in [6.45, 7) is 4.55. The Morgan fingerprint density at radius 3 is 2.78 bits per heavy atom. The zero-order valence-corrected chi connectivity index (χ0v) is 10.1. The highest BCUT2D eigenvalue weighted by Gasteiger charge is 2.14. The quantitative estimate of drug-likeness (QED) is 0.893. The Hall–Kier alpha value is -1.89. The molecule has 0 fully saturated rings. The van der Waals surface area contributed by atoms with E-state index in [1.807, 2.05) is 6.92 Å². The van der Waals surface area contributed by atoms with Crippen molar-refractivity contribution >= 4 is 0 Å². The van der Waals surface area contributed by atoms with Crippen LogP contribution in [0.2, 0.25) is 0 Å². The van der Waals surface area contributed by atoms with Gasteiger partial charge in [0.25, 0.3) is 0 Å². The molecule has 0 unspecified atom stereocenters. The largest absolute Gasteiger partial charge is 0.310 e. The fourth-order valence-corrected chi connectivity index (χ4v) is 1.54. The molecule has 0 radical (unpaired) electrons. The van der Waals surface area contributed by atoms with Gasteiger partial charge in [-0.2, -0.15) is 4.68 Å². The molecule has 1 aromatic heterocycles. The maximum Gasteiger partial charge on any atom is 0.170 e. The fourth-order valence-electron chi connectivity index (χ4n) is 1.54. The molecule has 0 atom stereocenters. The van der Waals surface area contributed by atoms with Crippen LogP contribution in [0.15, 0.2) is 12.1 Å². The summed E-state index contributed by atoms with van der Waals surface area (Å²) < 4.78 is 28.5. The van der Waals surface area contributed by atoms with Crippen LogP contribution in [0.5, 0.6) is 0 Å². The summed E-state index contributed by atoms with van der Waals surface area (Å²) >= 11 is 0. The molecule has 0 saturated carbocycles. The van der Waals surface area contributed by atoms with Crippen LogP contribution in [0.3, 0.4) is 0 Å². The lowest BCUT2D eigenvalue weighted by Gasteiger charge is -2.07. The highest BCUT2D eigenvalue weighted by Crippen LogP contribution is 2.18. The third kappa shape index (κ3) is 2.35. The summed E-state index contributed by atoms with van der Waals surface area (Å²) in [5.41, 5.74) is 0.258. The van der Waals surface area contributed by atoms with Gasteiger partial charge in [-0.25, -0.2) is 8.78 Å². The van der Waals surface area contributed by atoms with Gasteiger partial charge in [-0.3, -0.25) is 0 Å². The molecule has 1 heterocycles. The maximum absolute atomic E-state index is 13.8. The van der Waals surface area contributed by atoms with Crippen LogP contribution in [0.25, 0.3) is 5.69 Å². The van der Waals surface area contributed by atoms with Crippen LogP contribution < -0.4 is 5.32 Å². The minimum atomic E-state index is -0.557. The smallest absolute Gasteiger partial charge is 0.170 e. The molecule has 1 aromatic carbocycles. The van der Waals surface area contributed by atoms with Crippen molar-refractivity contribution in [3.8, 4) is 5.69 Å². The van der Waals surface area contributed by atoms with Gasteiger partial charge >= 0.3 is 0 Å². The lowest BCUT2D eigenvalue weighted by Crippen LogP contribution is -2.17. The van der Waals surface area contributed by atoms with Crippen LogP contribution in [0, 0.1) is 18.6 Å². The fraction of sp³-hybridized carbons (Fsp3) is 0.364. The molecule has 2 rings (SSSR count). The van der Waals surface area contributed by atoms with Gasteiger partial charge in [0, 0.05) is 6.07 Å². The van der Waals surface area contributed by atoms with Gasteiger partial charge in [-0.15, -0.1) is 5.10 Å². The topological polar surface area (TPSA) is 55.6 Å². The van der Waals surface area contributed by atoms with Crippen molar-refractivity contribution in [3.05, 3.63) is 35.2 Å². The molecule has 18 heavy (non-hydrogen) atoms. The third-order valence-electron chi connectivity index (χ3n) is 2.52. The van der Waals surface area contributed by atoms with E-state index in [-0.39, 0.29) is 11.3 Å². The number of nitrogens with one attached hydrogen (secondary N) is 1. The van der Waals surface area contributed by atoms with Gasteiger partial charge in [0.15, 0.2) is 5.82 Å². The van der Waals surface area contributed by atoms with E-state index in [4.69, 9.17) is 0 Å². The molecule has 0 aliphatic rings. The van der Waals surface area contributed by atoms with Gasteiger partial charge in [0.2, 0.25) is 0 Å². The number of hydrogen-bond donors (Lipinski definition) is 1. The van der Waals surface area contributed by atoms with Crippen LogP contribution in [-0.2, 0) is 6.54 Å². The van der Waals surface area contributed by atoms with Gasteiger partial charge in [-0.1, -0.05) is 6.92 Å². The number of benzene rings is 1. The molecule has 1 N–H and O–H groups in total. The second-order valence-corrected chi connectivity index (χ2v) is 3.84. The Morgan fingerprint density at radius 1 is 1.28 bits per heavy atom. The first-order chi connectivity index (χ1) is 8.63. The summed E-state index contributed by atoms with van der Waals surface area (Å²) in [5, 5.41) is 14.0. The molecular weight excluding hydrogens is 240 g/mol. The highest BCUT2D eigenvalue weighted by molar-refractivity contribution is 5.36. The molecule has 0 saturated heterocycles. The molecule has 0 amide bonds. The Bertz CT molecular complexity index is 552. The molecule has 96 valence electrons. The average Bonchev–Trinajstić information content (AvgIpc) is 2.79. The summed E-state index contributed by atoms with van der Waals surface area (Å²) in [6.07, 6.45) is 0. The van der Waals surface area contributed by atoms with Crippen molar-refractivity contribution in [1.82, 2.24) is 25.5 Å². The summed E-state index contributed by atoms with van der Waals surface area (Å²) in [5.74, 6) is -0.616. The lowest BCUT2D eigenvalue weighted by atomic mass is 10.2. The predicted molar refractivity (Wildman–Crippen MR) is 61.2 cm³/mol. The minimum absolute atomic E-state index is 0.0102. The van der Waals surface area contributed by atoms with Gasteiger partial charge in [-0.05, 0) is 35.5 Å². The molecule has 0 aliphatic carbocycles. The minimum Gasteiger partial charge on any atom is -0.310 e. The Morgan fingerprint density at radius 2 is 2.06 bits per heavy atom. The van der Waals surface area contributed by atoms with Crippen molar-refractivity contribution in [1.29, 1.82) is 0 Å². The van der Waals surface area contributed by atoms with Gasteiger partial charge in [0.1, 0.15) is 17.3 Å². The van der Waals surface area contributed by atoms with Crippen molar-refractivity contribution in [2.75, 3.05) is 6.54 Å². The number of nitrogens with zero attached hydrogens (tertiary/aromatic N) is 4. The Balaban J connectivity index is 2.42. The zero-order valence-electron chi connectivity index (χ0n) is 10.1. The average molecular weight is 253 g/mol. The van der Waals surface area contributed by atoms with E-state index in [2.05, 4.69) is 20.8 Å². The molecule has 0 spiro atoms. The third-order valence-corrected chi connectivity index (χ3v) is 2.52. The van der Waals surface area contributed by atoms with Crippen molar-refractivity contribution < 1.29 is 8.78 Å². The van der Waals surface area contributed by atoms with Gasteiger partial charge in [0.05, 0.1) is 6.54 Å². The molecule has 7 heteroatoms. The number of aryl methyl sites for hydroxylation is 1. The van der Waals surface area contributed by atoms with E-state index in [1.54, 1.807) is 0 Å². The van der Waals surface area contributed by atoms with Crippen LogP contribution in [0.4, 0.5) is 8.78 Å². The monoisotopic (exact) mass is 253 g/mol. The second-order valence-electron chi connectivity index (χ2n) is 3.84. The number of tetrazole rings is 1. The Kier molecular flexibility index (Phi) is 3.61. The zero-order chi connectivity index (χ0) is 13.1. The van der Waals surface area contributed by atoms with Crippen molar-refractivity contribution in [2.45, 2.75) is 20.4 Å². The molecular formula is C11H13F2N5. The molecule has 0 bridgehead atoms.